The SMILES string of the molecule is OC1CCC(Nc2nc3ccccc3s2)CC1. The Morgan fingerprint density at radius 3 is 2.71 bits per heavy atom. The van der Waals surface area contributed by atoms with Gasteiger partial charge in [-0.1, -0.05) is 23.5 Å². The Bertz CT molecular complexity index is 470. The summed E-state index contributed by atoms with van der Waals surface area (Å²) in [7, 11) is 0. The van der Waals surface area contributed by atoms with Crippen LogP contribution in [0.5, 0.6) is 0 Å². The maximum Gasteiger partial charge on any atom is 0.184 e. The van der Waals surface area contributed by atoms with Crippen LogP contribution in [-0.2, 0) is 0 Å². The Kier molecular flexibility index (Phi) is 2.99. The molecule has 1 aliphatic carbocycles. The van der Waals surface area contributed by atoms with Gasteiger partial charge in [-0.25, -0.2) is 4.98 Å². The molecule has 0 saturated heterocycles. The molecule has 2 N–H and O–H groups in total. The van der Waals surface area contributed by atoms with Crippen molar-refractivity contribution in [2.75, 3.05) is 5.32 Å². The van der Waals surface area contributed by atoms with E-state index in [9.17, 15) is 5.11 Å². The van der Waals surface area contributed by atoms with Crippen molar-refractivity contribution < 1.29 is 5.11 Å². The van der Waals surface area contributed by atoms with E-state index in [1.54, 1.807) is 11.3 Å². The van der Waals surface area contributed by atoms with Gasteiger partial charge in [0.05, 0.1) is 16.3 Å². The molecule has 3 nitrogen and oxygen atoms in total. The number of para-hydroxylation sites is 1. The first-order chi connectivity index (χ1) is 8.31. The number of nitrogens with zero attached hydrogens (tertiary/aromatic N) is 1. The van der Waals surface area contributed by atoms with Crippen LogP contribution < -0.4 is 5.32 Å². The van der Waals surface area contributed by atoms with Crippen molar-refractivity contribution in [1.29, 1.82) is 0 Å². The zero-order chi connectivity index (χ0) is 11.7. The van der Waals surface area contributed by atoms with E-state index in [2.05, 4.69) is 16.4 Å². The molecule has 1 aromatic carbocycles. The fourth-order valence-electron chi connectivity index (χ4n) is 2.33. The van der Waals surface area contributed by atoms with Crippen molar-refractivity contribution >= 4 is 26.7 Å². The van der Waals surface area contributed by atoms with Crippen LogP contribution in [0.1, 0.15) is 25.7 Å². The monoisotopic (exact) mass is 248 g/mol. The second-order valence-electron chi connectivity index (χ2n) is 4.64. The lowest BCUT2D eigenvalue weighted by atomic mass is 9.93. The van der Waals surface area contributed by atoms with Gasteiger partial charge in [-0.15, -0.1) is 0 Å². The molecule has 0 amide bonds. The fraction of sp³-hybridized carbons (Fsp3) is 0.462. The predicted molar refractivity (Wildman–Crippen MR) is 71.5 cm³/mol. The summed E-state index contributed by atoms with van der Waals surface area (Å²) in [5, 5.41) is 14.0. The summed E-state index contributed by atoms with van der Waals surface area (Å²) in [4.78, 5) is 4.57. The summed E-state index contributed by atoms with van der Waals surface area (Å²) < 4.78 is 1.23. The number of fused-ring (bicyclic) bond motifs is 1. The van der Waals surface area contributed by atoms with Crippen molar-refractivity contribution in [3.05, 3.63) is 24.3 Å². The van der Waals surface area contributed by atoms with Gasteiger partial charge in [0, 0.05) is 6.04 Å². The topological polar surface area (TPSA) is 45.1 Å². The average molecular weight is 248 g/mol. The number of aromatic nitrogens is 1. The van der Waals surface area contributed by atoms with E-state index < -0.39 is 0 Å². The van der Waals surface area contributed by atoms with E-state index >= 15 is 0 Å². The summed E-state index contributed by atoms with van der Waals surface area (Å²) in [5.41, 5.74) is 1.07. The first-order valence-electron chi connectivity index (χ1n) is 6.11. The van der Waals surface area contributed by atoms with Gasteiger partial charge in [-0.05, 0) is 37.8 Å². The molecule has 17 heavy (non-hydrogen) atoms. The molecule has 3 rings (SSSR count). The van der Waals surface area contributed by atoms with E-state index in [0.29, 0.717) is 6.04 Å². The molecule has 1 fully saturated rings. The minimum Gasteiger partial charge on any atom is -0.393 e. The Hall–Kier alpha value is -1.13. The highest BCUT2D eigenvalue weighted by atomic mass is 32.1. The summed E-state index contributed by atoms with van der Waals surface area (Å²) in [6.07, 6.45) is 3.79. The van der Waals surface area contributed by atoms with Crippen molar-refractivity contribution in [1.82, 2.24) is 4.98 Å². The zero-order valence-electron chi connectivity index (χ0n) is 9.60. The standard InChI is InChI=1S/C13H16N2OS/c16-10-7-5-9(6-8-10)14-13-15-11-3-1-2-4-12(11)17-13/h1-4,9-10,16H,5-8H2,(H,14,15). The lowest BCUT2D eigenvalue weighted by Gasteiger charge is -2.25. The molecule has 90 valence electrons. The molecule has 1 aromatic heterocycles. The predicted octanol–water partition coefficient (Wildman–Crippen LogP) is 3.01. The molecule has 0 radical (unpaired) electrons. The maximum absolute atomic E-state index is 9.47. The number of hydrogen-bond donors (Lipinski definition) is 2. The molecular formula is C13H16N2OS. The Morgan fingerprint density at radius 2 is 1.94 bits per heavy atom. The second kappa shape index (κ2) is 4.63. The number of aliphatic hydroxyl groups is 1. The van der Waals surface area contributed by atoms with Crippen LogP contribution >= 0.6 is 11.3 Å². The second-order valence-corrected chi connectivity index (χ2v) is 5.67. The van der Waals surface area contributed by atoms with Crippen LogP contribution in [0.15, 0.2) is 24.3 Å². The van der Waals surface area contributed by atoms with Crippen molar-refractivity contribution in [3.63, 3.8) is 0 Å². The molecular weight excluding hydrogens is 232 g/mol. The highest BCUT2D eigenvalue weighted by molar-refractivity contribution is 7.22. The van der Waals surface area contributed by atoms with E-state index in [4.69, 9.17) is 0 Å². The molecule has 0 spiro atoms. The normalized spacial score (nSPS) is 25.0. The van der Waals surface area contributed by atoms with Crippen LogP contribution in [0.4, 0.5) is 5.13 Å². The third-order valence-electron chi connectivity index (χ3n) is 3.32. The molecule has 0 aliphatic heterocycles. The number of hydrogen-bond acceptors (Lipinski definition) is 4. The molecule has 1 aliphatic rings. The highest BCUT2D eigenvalue weighted by Crippen LogP contribution is 2.28. The Labute approximate surface area is 105 Å². The van der Waals surface area contributed by atoms with Crippen LogP contribution in [-0.4, -0.2) is 22.2 Å². The maximum atomic E-state index is 9.47. The number of anilines is 1. The third kappa shape index (κ3) is 2.42. The number of thiazole rings is 1. The minimum absolute atomic E-state index is 0.0941. The summed E-state index contributed by atoms with van der Waals surface area (Å²) in [5.74, 6) is 0. The summed E-state index contributed by atoms with van der Waals surface area (Å²) >= 11 is 1.71. The fourth-order valence-corrected chi connectivity index (χ4v) is 3.27. The molecule has 0 bridgehead atoms. The van der Waals surface area contributed by atoms with Gasteiger partial charge in [0.25, 0.3) is 0 Å². The van der Waals surface area contributed by atoms with Crippen molar-refractivity contribution in [3.8, 4) is 0 Å². The number of aliphatic hydroxyl groups excluding tert-OH is 1. The number of nitrogens with one attached hydrogen (secondary N) is 1. The van der Waals surface area contributed by atoms with Crippen LogP contribution in [0, 0.1) is 0 Å². The van der Waals surface area contributed by atoms with Crippen LogP contribution in [0.3, 0.4) is 0 Å². The summed E-state index contributed by atoms with van der Waals surface area (Å²) in [6.45, 7) is 0. The zero-order valence-corrected chi connectivity index (χ0v) is 10.4. The van der Waals surface area contributed by atoms with Crippen molar-refractivity contribution in [2.45, 2.75) is 37.8 Å². The van der Waals surface area contributed by atoms with Gasteiger partial charge in [0.15, 0.2) is 5.13 Å². The van der Waals surface area contributed by atoms with Gasteiger partial charge < -0.3 is 10.4 Å². The van der Waals surface area contributed by atoms with E-state index in [0.717, 1.165) is 36.3 Å². The largest absolute Gasteiger partial charge is 0.393 e. The first-order valence-corrected chi connectivity index (χ1v) is 6.93. The molecule has 1 saturated carbocycles. The van der Waals surface area contributed by atoms with Gasteiger partial charge in [-0.2, -0.15) is 0 Å². The summed E-state index contributed by atoms with van der Waals surface area (Å²) in [6, 6.07) is 8.67. The average Bonchev–Trinajstić information content (AvgIpc) is 2.74. The van der Waals surface area contributed by atoms with E-state index in [1.807, 2.05) is 18.2 Å². The minimum atomic E-state index is -0.0941. The van der Waals surface area contributed by atoms with Gasteiger partial charge in [-0.3, -0.25) is 0 Å². The smallest absolute Gasteiger partial charge is 0.184 e. The number of rotatable bonds is 2. The Balaban J connectivity index is 1.72. The highest BCUT2D eigenvalue weighted by Gasteiger charge is 2.19. The van der Waals surface area contributed by atoms with Crippen molar-refractivity contribution in [2.24, 2.45) is 0 Å². The lowest BCUT2D eigenvalue weighted by Crippen LogP contribution is -2.28. The van der Waals surface area contributed by atoms with Gasteiger partial charge in [0.2, 0.25) is 0 Å². The lowest BCUT2D eigenvalue weighted by molar-refractivity contribution is 0.126. The molecule has 4 heteroatoms. The first kappa shape index (κ1) is 11.0. The third-order valence-corrected chi connectivity index (χ3v) is 4.29. The molecule has 1 heterocycles. The molecule has 0 unspecified atom stereocenters. The van der Waals surface area contributed by atoms with Gasteiger partial charge >= 0.3 is 0 Å². The van der Waals surface area contributed by atoms with E-state index in [1.165, 1.54) is 4.70 Å². The number of benzene rings is 1. The molecule has 0 atom stereocenters. The van der Waals surface area contributed by atoms with Crippen LogP contribution in [0.2, 0.25) is 0 Å². The quantitative estimate of drug-likeness (QED) is 0.858. The molecule has 2 aromatic rings. The van der Waals surface area contributed by atoms with Crippen LogP contribution in [0.25, 0.3) is 10.2 Å². The Morgan fingerprint density at radius 1 is 1.18 bits per heavy atom. The van der Waals surface area contributed by atoms with Gasteiger partial charge in [0.1, 0.15) is 0 Å². The van der Waals surface area contributed by atoms with E-state index in [-0.39, 0.29) is 6.10 Å².